The summed E-state index contributed by atoms with van der Waals surface area (Å²) in [6.45, 7) is 0.620. The third kappa shape index (κ3) is 3.93. The highest BCUT2D eigenvalue weighted by Crippen LogP contribution is 2.21. The zero-order chi connectivity index (χ0) is 18.6. The van der Waals surface area contributed by atoms with Gasteiger partial charge in [-0.1, -0.05) is 66.2 Å². The summed E-state index contributed by atoms with van der Waals surface area (Å²) >= 11 is 6.05. The van der Waals surface area contributed by atoms with Crippen LogP contribution in [0, 0.1) is 0 Å². The van der Waals surface area contributed by atoms with Crippen molar-refractivity contribution >= 4 is 39.9 Å². The second kappa shape index (κ2) is 7.51. The van der Waals surface area contributed by atoms with Crippen LogP contribution >= 0.6 is 11.6 Å². The van der Waals surface area contributed by atoms with E-state index in [2.05, 4.69) is 40.0 Å². The predicted octanol–water partition coefficient (Wildman–Crippen LogP) is 5.38. The van der Waals surface area contributed by atoms with E-state index in [0.29, 0.717) is 23.1 Å². The van der Waals surface area contributed by atoms with Crippen molar-refractivity contribution in [2.75, 3.05) is 10.6 Å². The molecule has 0 aliphatic carbocycles. The van der Waals surface area contributed by atoms with E-state index in [0.717, 1.165) is 0 Å². The fraction of sp³-hybridized carbons (Fsp3) is 0.0476. The van der Waals surface area contributed by atoms with Crippen molar-refractivity contribution in [2.24, 2.45) is 0 Å². The van der Waals surface area contributed by atoms with E-state index in [1.807, 2.05) is 24.4 Å². The van der Waals surface area contributed by atoms with Gasteiger partial charge in [0, 0.05) is 12.3 Å². The standard InChI is InChI=1S/C21H17ClN4O/c22-18-10-3-4-11-19(18)23-21(27)24-20-12-13-26(25-20)14-16-8-5-7-15-6-1-2-9-17(15)16/h1-13H,14H2,(H2,23,24,25,27). The number of carbonyl (C=O) groups excluding carboxylic acids is 1. The Morgan fingerprint density at radius 1 is 0.926 bits per heavy atom. The lowest BCUT2D eigenvalue weighted by Crippen LogP contribution is -2.20. The number of halogens is 1. The lowest BCUT2D eigenvalue weighted by Gasteiger charge is -2.08. The topological polar surface area (TPSA) is 59.0 Å². The molecule has 0 saturated carbocycles. The van der Waals surface area contributed by atoms with Crippen molar-refractivity contribution < 1.29 is 4.79 Å². The van der Waals surface area contributed by atoms with Gasteiger partial charge in [0.25, 0.3) is 0 Å². The molecule has 0 unspecified atom stereocenters. The number of hydrogen-bond acceptors (Lipinski definition) is 2. The summed E-state index contributed by atoms with van der Waals surface area (Å²) in [5, 5.41) is 12.7. The Morgan fingerprint density at radius 3 is 2.59 bits per heavy atom. The molecular weight excluding hydrogens is 360 g/mol. The van der Waals surface area contributed by atoms with Crippen molar-refractivity contribution in [1.82, 2.24) is 9.78 Å². The van der Waals surface area contributed by atoms with Gasteiger partial charge < -0.3 is 5.32 Å². The van der Waals surface area contributed by atoms with Gasteiger partial charge in [-0.15, -0.1) is 0 Å². The molecule has 1 aromatic heterocycles. The maximum absolute atomic E-state index is 12.1. The minimum Gasteiger partial charge on any atom is -0.306 e. The SMILES string of the molecule is O=C(Nc1ccn(Cc2cccc3ccccc23)n1)Nc1ccccc1Cl. The molecule has 3 aromatic carbocycles. The molecule has 27 heavy (non-hydrogen) atoms. The first kappa shape index (κ1) is 17.1. The molecule has 2 N–H and O–H groups in total. The number of nitrogens with one attached hydrogen (secondary N) is 2. The van der Waals surface area contributed by atoms with Crippen LogP contribution in [0.3, 0.4) is 0 Å². The number of urea groups is 1. The molecule has 2 amide bonds. The molecule has 0 saturated heterocycles. The summed E-state index contributed by atoms with van der Waals surface area (Å²) in [5.41, 5.74) is 1.72. The van der Waals surface area contributed by atoms with E-state index in [1.54, 1.807) is 35.0 Å². The normalized spacial score (nSPS) is 10.7. The number of nitrogens with zero attached hydrogens (tertiary/aromatic N) is 2. The van der Waals surface area contributed by atoms with Crippen molar-refractivity contribution in [3.63, 3.8) is 0 Å². The number of benzene rings is 3. The second-order valence-electron chi connectivity index (χ2n) is 6.10. The molecule has 4 rings (SSSR count). The predicted molar refractivity (Wildman–Crippen MR) is 109 cm³/mol. The Hall–Kier alpha value is -3.31. The number of aromatic nitrogens is 2. The Kier molecular flexibility index (Phi) is 4.77. The average Bonchev–Trinajstić information content (AvgIpc) is 3.11. The quantitative estimate of drug-likeness (QED) is 0.502. The summed E-state index contributed by atoms with van der Waals surface area (Å²) in [5.74, 6) is 0.472. The van der Waals surface area contributed by atoms with Gasteiger partial charge in [0.05, 0.1) is 17.3 Å². The van der Waals surface area contributed by atoms with E-state index in [1.165, 1.54) is 16.3 Å². The highest BCUT2D eigenvalue weighted by Gasteiger charge is 2.08. The Morgan fingerprint density at radius 2 is 1.70 bits per heavy atom. The molecule has 0 aliphatic heterocycles. The van der Waals surface area contributed by atoms with E-state index >= 15 is 0 Å². The first-order valence-corrected chi connectivity index (χ1v) is 8.89. The molecular formula is C21H17ClN4O. The van der Waals surface area contributed by atoms with Gasteiger partial charge in [-0.3, -0.25) is 10.00 Å². The monoisotopic (exact) mass is 376 g/mol. The molecule has 5 nitrogen and oxygen atoms in total. The van der Waals surface area contributed by atoms with Crippen LogP contribution in [0.1, 0.15) is 5.56 Å². The van der Waals surface area contributed by atoms with Crippen LogP contribution < -0.4 is 10.6 Å². The highest BCUT2D eigenvalue weighted by atomic mass is 35.5. The molecule has 0 aliphatic rings. The largest absolute Gasteiger partial charge is 0.324 e. The molecule has 0 radical (unpaired) electrons. The molecule has 0 spiro atoms. The maximum Gasteiger partial charge on any atom is 0.324 e. The summed E-state index contributed by atoms with van der Waals surface area (Å²) in [6, 6.07) is 22.9. The summed E-state index contributed by atoms with van der Waals surface area (Å²) in [4.78, 5) is 12.1. The zero-order valence-corrected chi connectivity index (χ0v) is 15.1. The molecule has 6 heteroatoms. The number of amides is 2. The van der Waals surface area contributed by atoms with Crippen molar-refractivity contribution in [3.05, 3.63) is 89.6 Å². The summed E-state index contributed by atoms with van der Waals surface area (Å²) in [6.07, 6.45) is 1.84. The van der Waals surface area contributed by atoms with Crippen LogP contribution in [0.15, 0.2) is 79.0 Å². The van der Waals surface area contributed by atoms with Crippen LogP contribution in [0.2, 0.25) is 5.02 Å². The molecule has 0 bridgehead atoms. The molecule has 134 valence electrons. The first-order chi connectivity index (χ1) is 13.2. The average molecular weight is 377 g/mol. The van der Waals surface area contributed by atoms with Crippen molar-refractivity contribution in [2.45, 2.75) is 6.54 Å². The lowest BCUT2D eigenvalue weighted by atomic mass is 10.0. The van der Waals surface area contributed by atoms with Gasteiger partial charge in [0.2, 0.25) is 0 Å². The second-order valence-corrected chi connectivity index (χ2v) is 6.50. The minimum atomic E-state index is -0.390. The molecule has 0 atom stereocenters. The van der Waals surface area contributed by atoms with Gasteiger partial charge in [0.1, 0.15) is 0 Å². The molecule has 1 heterocycles. The van der Waals surface area contributed by atoms with E-state index in [9.17, 15) is 4.79 Å². The number of hydrogen-bond donors (Lipinski definition) is 2. The first-order valence-electron chi connectivity index (χ1n) is 8.52. The van der Waals surface area contributed by atoms with Crippen molar-refractivity contribution in [3.8, 4) is 0 Å². The van der Waals surface area contributed by atoms with Crippen molar-refractivity contribution in [1.29, 1.82) is 0 Å². The summed E-state index contributed by atoms with van der Waals surface area (Å²) < 4.78 is 1.80. The van der Waals surface area contributed by atoms with E-state index in [-0.39, 0.29) is 0 Å². The third-order valence-electron chi connectivity index (χ3n) is 4.22. The Bertz CT molecular complexity index is 1100. The van der Waals surface area contributed by atoms with Crippen LogP contribution in [-0.4, -0.2) is 15.8 Å². The van der Waals surface area contributed by atoms with Crippen LogP contribution in [0.5, 0.6) is 0 Å². The third-order valence-corrected chi connectivity index (χ3v) is 4.55. The molecule has 4 aromatic rings. The Balaban J connectivity index is 1.45. The maximum atomic E-state index is 12.1. The number of anilines is 2. The minimum absolute atomic E-state index is 0.390. The van der Waals surface area contributed by atoms with Crippen LogP contribution in [-0.2, 0) is 6.54 Å². The van der Waals surface area contributed by atoms with Gasteiger partial charge in [-0.25, -0.2) is 4.79 Å². The number of fused-ring (bicyclic) bond motifs is 1. The number of carbonyl (C=O) groups is 1. The number of para-hydroxylation sites is 1. The highest BCUT2D eigenvalue weighted by molar-refractivity contribution is 6.33. The lowest BCUT2D eigenvalue weighted by molar-refractivity contribution is 0.262. The fourth-order valence-corrected chi connectivity index (χ4v) is 3.14. The zero-order valence-electron chi connectivity index (χ0n) is 14.4. The molecule has 0 fully saturated rings. The van der Waals surface area contributed by atoms with E-state index in [4.69, 9.17) is 11.6 Å². The van der Waals surface area contributed by atoms with Gasteiger partial charge >= 0.3 is 6.03 Å². The van der Waals surface area contributed by atoms with E-state index < -0.39 is 6.03 Å². The number of rotatable bonds is 4. The smallest absolute Gasteiger partial charge is 0.306 e. The summed E-state index contributed by atoms with van der Waals surface area (Å²) in [7, 11) is 0. The fourth-order valence-electron chi connectivity index (χ4n) is 2.95. The van der Waals surface area contributed by atoms with Gasteiger partial charge in [-0.2, -0.15) is 5.10 Å². The van der Waals surface area contributed by atoms with Crippen LogP contribution in [0.25, 0.3) is 10.8 Å². The van der Waals surface area contributed by atoms with Gasteiger partial charge in [-0.05, 0) is 28.5 Å². The van der Waals surface area contributed by atoms with Crippen LogP contribution in [0.4, 0.5) is 16.3 Å². The Labute approximate surface area is 161 Å². The van der Waals surface area contributed by atoms with Gasteiger partial charge in [0.15, 0.2) is 5.82 Å².